The summed E-state index contributed by atoms with van der Waals surface area (Å²) in [5.41, 5.74) is 1.73. The van der Waals surface area contributed by atoms with Crippen molar-refractivity contribution >= 4 is 33.3 Å². The van der Waals surface area contributed by atoms with Gasteiger partial charge in [-0.2, -0.15) is 0 Å². The largest absolute Gasteiger partial charge is 0.495 e. The Hall–Kier alpha value is -0.540. The number of ketones is 1. The lowest BCUT2D eigenvalue weighted by molar-refractivity contribution is -0.116. The number of carbonyl (C=O) groups excluding carboxylic acids is 1. The van der Waals surface area contributed by atoms with Crippen LogP contribution in [0.2, 0.25) is 5.02 Å². The van der Waals surface area contributed by atoms with E-state index in [1.54, 1.807) is 20.1 Å². The molecule has 0 bridgehead atoms. The Kier molecular flexibility index (Phi) is 4.17. The standard InChI is InChI=1S/C11H12BrClO2/c1-6(14)4-8-5-9(13)7(2)10(12)11(8)15-3/h5H,4H2,1-3H3. The number of hydrogen-bond acceptors (Lipinski definition) is 2. The predicted octanol–water partition coefficient (Wildman–Crippen LogP) is 3.55. The minimum Gasteiger partial charge on any atom is -0.495 e. The highest BCUT2D eigenvalue weighted by Crippen LogP contribution is 2.36. The van der Waals surface area contributed by atoms with E-state index in [-0.39, 0.29) is 5.78 Å². The first-order chi connectivity index (χ1) is 6.97. The third-order valence-corrected chi connectivity index (χ3v) is 3.47. The van der Waals surface area contributed by atoms with Gasteiger partial charge in [0.15, 0.2) is 0 Å². The van der Waals surface area contributed by atoms with Crippen molar-refractivity contribution in [3.63, 3.8) is 0 Å². The molecule has 0 aliphatic rings. The van der Waals surface area contributed by atoms with Crippen molar-refractivity contribution in [1.82, 2.24) is 0 Å². The molecule has 4 heteroatoms. The molecular formula is C11H12BrClO2. The second-order valence-corrected chi connectivity index (χ2v) is 4.57. The third-order valence-electron chi connectivity index (χ3n) is 2.12. The van der Waals surface area contributed by atoms with Gasteiger partial charge in [-0.1, -0.05) is 11.6 Å². The number of halogens is 2. The molecule has 0 aliphatic carbocycles. The molecule has 0 radical (unpaired) electrons. The van der Waals surface area contributed by atoms with Crippen LogP contribution in [-0.2, 0) is 11.2 Å². The minimum absolute atomic E-state index is 0.0834. The van der Waals surface area contributed by atoms with Gasteiger partial charge in [-0.25, -0.2) is 0 Å². The maximum atomic E-state index is 11.1. The maximum Gasteiger partial charge on any atom is 0.137 e. The van der Waals surface area contributed by atoms with Gasteiger partial charge in [0.25, 0.3) is 0 Å². The molecule has 0 unspecified atom stereocenters. The number of methoxy groups -OCH3 is 1. The summed E-state index contributed by atoms with van der Waals surface area (Å²) in [6, 6.07) is 1.78. The first kappa shape index (κ1) is 12.5. The van der Waals surface area contributed by atoms with E-state index in [9.17, 15) is 4.79 Å². The predicted molar refractivity (Wildman–Crippen MR) is 64.8 cm³/mol. The highest BCUT2D eigenvalue weighted by atomic mass is 79.9. The Morgan fingerprint density at radius 2 is 2.20 bits per heavy atom. The summed E-state index contributed by atoms with van der Waals surface area (Å²) in [6.07, 6.45) is 0.335. The van der Waals surface area contributed by atoms with Crippen LogP contribution in [-0.4, -0.2) is 12.9 Å². The number of benzene rings is 1. The summed E-state index contributed by atoms with van der Waals surface area (Å²) >= 11 is 9.45. The quantitative estimate of drug-likeness (QED) is 0.851. The number of carbonyl (C=O) groups is 1. The van der Waals surface area contributed by atoms with Crippen molar-refractivity contribution in [2.24, 2.45) is 0 Å². The zero-order chi connectivity index (χ0) is 11.6. The van der Waals surface area contributed by atoms with Gasteiger partial charge in [-0.3, -0.25) is 4.79 Å². The molecule has 82 valence electrons. The van der Waals surface area contributed by atoms with Crippen LogP contribution in [0.1, 0.15) is 18.1 Å². The fraction of sp³-hybridized carbons (Fsp3) is 0.364. The molecule has 2 nitrogen and oxygen atoms in total. The molecule has 0 saturated heterocycles. The summed E-state index contributed by atoms with van der Waals surface area (Å²) < 4.78 is 6.07. The van der Waals surface area contributed by atoms with E-state index in [1.165, 1.54) is 0 Å². The highest BCUT2D eigenvalue weighted by molar-refractivity contribution is 9.10. The van der Waals surface area contributed by atoms with Crippen LogP contribution in [0.5, 0.6) is 5.75 Å². The number of hydrogen-bond donors (Lipinski definition) is 0. The van der Waals surface area contributed by atoms with E-state index >= 15 is 0 Å². The van der Waals surface area contributed by atoms with Crippen molar-refractivity contribution in [3.05, 3.63) is 26.7 Å². The van der Waals surface area contributed by atoms with E-state index in [2.05, 4.69) is 15.9 Å². The van der Waals surface area contributed by atoms with E-state index in [0.29, 0.717) is 17.2 Å². The lowest BCUT2D eigenvalue weighted by Gasteiger charge is -2.12. The summed E-state index contributed by atoms with van der Waals surface area (Å²) in [7, 11) is 1.58. The topological polar surface area (TPSA) is 26.3 Å². The Morgan fingerprint density at radius 1 is 1.60 bits per heavy atom. The van der Waals surface area contributed by atoms with E-state index in [1.807, 2.05) is 6.92 Å². The van der Waals surface area contributed by atoms with Crippen LogP contribution in [0.3, 0.4) is 0 Å². The van der Waals surface area contributed by atoms with Crippen LogP contribution < -0.4 is 4.74 Å². The van der Waals surface area contributed by atoms with Crippen molar-refractivity contribution in [3.8, 4) is 5.75 Å². The Morgan fingerprint density at radius 3 is 2.67 bits per heavy atom. The third kappa shape index (κ3) is 2.73. The molecule has 1 rings (SSSR count). The van der Waals surface area contributed by atoms with Crippen molar-refractivity contribution < 1.29 is 9.53 Å². The van der Waals surface area contributed by atoms with E-state index < -0.39 is 0 Å². The van der Waals surface area contributed by atoms with Crippen LogP contribution >= 0.6 is 27.5 Å². The number of Topliss-reactive ketones (excluding diaryl/α,β-unsaturated/α-hetero) is 1. The Balaban J connectivity index is 3.31. The molecule has 15 heavy (non-hydrogen) atoms. The molecule has 0 heterocycles. The maximum absolute atomic E-state index is 11.1. The van der Waals surface area contributed by atoms with E-state index in [4.69, 9.17) is 16.3 Å². The molecule has 0 N–H and O–H groups in total. The second kappa shape index (κ2) is 4.99. The van der Waals surface area contributed by atoms with Gasteiger partial charge in [0.2, 0.25) is 0 Å². The molecule has 0 spiro atoms. The van der Waals surface area contributed by atoms with Gasteiger partial charge in [0.05, 0.1) is 11.6 Å². The monoisotopic (exact) mass is 290 g/mol. The Bertz CT molecular complexity index is 402. The van der Waals surface area contributed by atoms with Gasteiger partial charge in [-0.05, 0) is 41.4 Å². The van der Waals surface area contributed by atoms with Crippen molar-refractivity contribution in [1.29, 1.82) is 0 Å². The fourth-order valence-electron chi connectivity index (χ4n) is 1.36. The SMILES string of the molecule is COc1c(CC(C)=O)cc(Cl)c(C)c1Br. The summed E-state index contributed by atoms with van der Waals surface area (Å²) in [4.78, 5) is 11.1. The smallest absolute Gasteiger partial charge is 0.137 e. The lowest BCUT2D eigenvalue weighted by Crippen LogP contribution is -2.01. The fourth-order valence-corrected chi connectivity index (χ4v) is 2.33. The van der Waals surface area contributed by atoms with Crippen molar-refractivity contribution in [2.75, 3.05) is 7.11 Å². The lowest BCUT2D eigenvalue weighted by atomic mass is 10.1. The minimum atomic E-state index is 0.0834. The summed E-state index contributed by atoms with van der Waals surface area (Å²) in [5, 5.41) is 0.638. The molecule has 0 aliphatic heterocycles. The van der Waals surface area contributed by atoms with Crippen LogP contribution in [0, 0.1) is 6.92 Å². The van der Waals surface area contributed by atoms with Crippen LogP contribution in [0.4, 0.5) is 0 Å². The molecule has 0 amide bonds. The molecule has 0 fully saturated rings. The first-order valence-electron chi connectivity index (χ1n) is 4.48. The average Bonchev–Trinajstić information content (AvgIpc) is 2.14. The van der Waals surface area contributed by atoms with Crippen LogP contribution in [0.15, 0.2) is 10.5 Å². The van der Waals surface area contributed by atoms with Gasteiger partial charge in [0, 0.05) is 17.0 Å². The second-order valence-electron chi connectivity index (χ2n) is 3.37. The van der Waals surface area contributed by atoms with Crippen LogP contribution in [0.25, 0.3) is 0 Å². The number of rotatable bonds is 3. The summed E-state index contributed by atoms with van der Waals surface area (Å²) in [5.74, 6) is 0.771. The molecule has 1 aromatic rings. The van der Waals surface area contributed by atoms with Gasteiger partial charge >= 0.3 is 0 Å². The van der Waals surface area contributed by atoms with Gasteiger partial charge in [-0.15, -0.1) is 0 Å². The zero-order valence-corrected chi connectivity index (χ0v) is 11.2. The average molecular weight is 292 g/mol. The van der Waals surface area contributed by atoms with Gasteiger partial charge in [0.1, 0.15) is 11.5 Å². The molecule has 1 aromatic carbocycles. The molecule has 0 saturated carbocycles. The van der Waals surface area contributed by atoms with Crippen molar-refractivity contribution in [2.45, 2.75) is 20.3 Å². The molecular weight excluding hydrogens is 279 g/mol. The highest BCUT2D eigenvalue weighted by Gasteiger charge is 2.14. The zero-order valence-electron chi connectivity index (χ0n) is 8.86. The first-order valence-corrected chi connectivity index (χ1v) is 5.65. The normalized spacial score (nSPS) is 10.2. The van der Waals surface area contributed by atoms with E-state index in [0.717, 1.165) is 15.6 Å². The molecule has 0 atom stereocenters. The number of ether oxygens (including phenoxy) is 1. The Labute approximate surface area is 103 Å². The summed E-state index contributed by atoms with van der Waals surface area (Å²) in [6.45, 7) is 3.44. The molecule has 0 aromatic heterocycles. The van der Waals surface area contributed by atoms with Gasteiger partial charge < -0.3 is 4.74 Å².